The minimum absolute atomic E-state index is 0.00981. The van der Waals surface area contributed by atoms with Crippen molar-refractivity contribution in [3.05, 3.63) is 5.82 Å². The van der Waals surface area contributed by atoms with Crippen LogP contribution < -0.4 is 5.32 Å². The normalized spacial score (nSPS) is 20.3. The summed E-state index contributed by atoms with van der Waals surface area (Å²) in [6.45, 7) is 5.81. The molecule has 0 radical (unpaired) electrons. The highest BCUT2D eigenvalue weighted by Crippen LogP contribution is 2.29. The number of thioether (sulfide) groups is 1. The van der Waals surface area contributed by atoms with Gasteiger partial charge in [0.25, 0.3) is 0 Å². The molecule has 1 aromatic rings. The Kier molecular flexibility index (Phi) is 7.93. The molecule has 146 valence electrons. The Morgan fingerprint density at radius 3 is 2.69 bits per heavy atom. The zero-order valence-corrected chi connectivity index (χ0v) is 16.7. The van der Waals surface area contributed by atoms with Gasteiger partial charge in [0.1, 0.15) is 5.82 Å². The third-order valence-corrected chi connectivity index (χ3v) is 5.46. The number of carboxylic acids is 1. The Labute approximate surface area is 159 Å². The van der Waals surface area contributed by atoms with Crippen LogP contribution in [0.25, 0.3) is 0 Å². The van der Waals surface area contributed by atoms with Crippen molar-refractivity contribution in [2.45, 2.75) is 64.1 Å². The van der Waals surface area contributed by atoms with Crippen molar-refractivity contribution in [2.75, 3.05) is 12.8 Å². The molecule has 8 heteroatoms. The summed E-state index contributed by atoms with van der Waals surface area (Å²) in [5, 5.41) is 21.6. The van der Waals surface area contributed by atoms with Crippen LogP contribution in [0.4, 0.5) is 0 Å². The predicted molar refractivity (Wildman–Crippen MR) is 101 cm³/mol. The Bertz CT molecular complexity index is 618. The van der Waals surface area contributed by atoms with Crippen LogP contribution in [-0.2, 0) is 22.6 Å². The summed E-state index contributed by atoms with van der Waals surface area (Å²) >= 11 is 1.60. The second-order valence-corrected chi connectivity index (χ2v) is 8.17. The van der Waals surface area contributed by atoms with E-state index in [1.165, 1.54) is 0 Å². The first kappa shape index (κ1) is 20.7. The highest BCUT2D eigenvalue weighted by atomic mass is 32.2. The fourth-order valence-electron chi connectivity index (χ4n) is 3.46. The average molecular weight is 383 g/mol. The van der Waals surface area contributed by atoms with Gasteiger partial charge in [-0.2, -0.15) is 0 Å². The molecule has 2 unspecified atom stereocenters. The molecule has 1 aliphatic carbocycles. The number of carbonyl (C=O) groups excluding carboxylic acids is 1. The largest absolute Gasteiger partial charge is 0.481 e. The van der Waals surface area contributed by atoms with Crippen molar-refractivity contribution in [2.24, 2.45) is 17.8 Å². The summed E-state index contributed by atoms with van der Waals surface area (Å²) < 4.78 is 2.16. The van der Waals surface area contributed by atoms with Gasteiger partial charge in [-0.15, -0.1) is 10.2 Å². The smallest absolute Gasteiger partial charge is 0.306 e. The van der Waals surface area contributed by atoms with Gasteiger partial charge in [-0.05, 0) is 37.9 Å². The highest BCUT2D eigenvalue weighted by Gasteiger charge is 2.30. The fraction of sp³-hybridized carbons (Fsp3) is 0.778. The number of aryl methyl sites for hydroxylation is 1. The molecule has 7 nitrogen and oxygen atoms in total. The van der Waals surface area contributed by atoms with Crippen LogP contribution >= 0.6 is 11.8 Å². The Balaban J connectivity index is 1.79. The Hall–Kier alpha value is -1.57. The number of aliphatic carboxylic acids is 1. The number of rotatable bonds is 9. The number of amides is 1. The first-order valence-electron chi connectivity index (χ1n) is 9.39. The van der Waals surface area contributed by atoms with E-state index in [0.29, 0.717) is 25.3 Å². The number of nitrogens with one attached hydrogen (secondary N) is 1. The lowest BCUT2D eigenvalue weighted by molar-refractivity contribution is -0.144. The van der Waals surface area contributed by atoms with E-state index in [-0.39, 0.29) is 17.7 Å². The monoisotopic (exact) mass is 382 g/mol. The zero-order valence-electron chi connectivity index (χ0n) is 15.9. The molecular weight excluding hydrogens is 352 g/mol. The molecule has 1 amide bonds. The fourth-order valence-corrected chi connectivity index (χ4v) is 3.98. The number of carbonyl (C=O) groups is 2. The van der Waals surface area contributed by atoms with Crippen LogP contribution in [0.1, 0.15) is 51.8 Å². The van der Waals surface area contributed by atoms with Crippen molar-refractivity contribution in [3.63, 3.8) is 0 Å². The standard InChI is InChI=1S/C18H30N4O3S/c1-12(2)11-22-15(20-21-18(22)26-3)8-5-9-19-16(23)13-6-4-7-14(10-13)17(24)25/h12-14H,4-11H2,1-3H3,(H,19,23)(H,24,25). The summed E-state index contributed by atoms with van der Waals surface area (Å²) in [7, 11) is 0. The third-order valence-electron chi connectivity index (χ3n) is 4.79. The Morgan fingerprint density at radius 1 is 1.31 bits per heavy atom. The molecule has 2 N–H and O–H groups in total. The van der Waals surface area contributed by atoms with Gasteiger partial charge in [0.15, 0.2) is 5.16 Å². The lowest BCUT2D eigenvalue weighted by Gasteiger charge is -2.25. The minimum Gasteiger partial charge on any atom is -0.481 e. The number of aromatic nitrogens is 3. The van der Waals surface area contributed by atoms with Crippen LogP contribution in [0.3, 0.4) is 0 Å². The number of carboxylic acid groups (broad SMARTS) is 1. The quantitative estimate of drug-likeness (QED) is 0.503. The van der Waals surface area contributed by atoms with Crippen molar-refractivity contribution in [1.82, 2.24) is 20.1 Å². The maximum Gasteiger partial charge on any atom is 0.306 e. The van der Waals surface area contributed by atoms with Crippen molar-refractivity contribution in [1.29, 1.82) is 0 Å². The topological polar surface area (TPSA) is 97.1 Å². The SMILES string of the molecule is CSc1nnc(CCCNC(=O)C2CCCC(C(=O)O)C2)n1CC(C)C. The van der Waals surface area contributed by atoms with E-state index in [2.05, 4.69) is 33.9 Å². The predicted octanol–water partition coefficient (Wildman–Crippen LogP) is 2.60. The average Bonchev–Trinajstić information content (AvgIpc) is 2.99. The van der Waals surface area contributed by atoms with E-state index >= 15 is 0 Å². The molecule has 26 heavy (non-hydrogen) atoms. The number of hydrogen-bond acceptors (Lipinski definition) is 5. The Morgan fingerprint density at radius 2 is 2.04 bits per heavy atom. The van der Waals surface area contributed by atoms with Gasteiger partial charge in [0.2, 0.25) is 5.91 Å². The summed E-state index contributed by atoms with van der Waals surface area (Å²) in [4.78, 5) is 23.4. The minimum atomic E-state index is -0.781. The molecule has 1 aromatic heterocycles. The van der Waals surface area contributed by atoms with Gasteiger partial charge >= 0.3 is 5.97 Å². The lowest BCUT2D eigenvalue weighted by Crippen LogP contribution is -2.36. The van der Waals surface area contributed by atoms with Crippen LogP contribution in [0.5, 0.6) is 0 Å². The van der Waals surface area contributed by atoms with E-state index < -0.39 is 5.97 Å². The van der Waals surface area contributed by atoms with Crippen LogP contribution in [0.15, 0.2) is 5.16 Å². The van der Waals surface area contributed by atoms with Gasteiger partial charge in [-0.1, -0.05) is 32.0 Å². The van der Waals surface area contributed by atoms with E-state index in [4.69, 9.17) is 5.11 Å². The second-order valence-electron chi connectivity index (χ2n) is 7.40. The van der Waals surface area contributed by atoms with E-state index in [1.807, 2.05) is 6.26 Å². The van der Waals surface area contributed by atoms with Crippen LogP contribution in [0.2, 0.25) is 0 Å². The summed E-state index contributed by atoms with van der Waals surface area (Å²) in [6, 6.07) is 0. The molecule has 0 aliphatic heterocycles. The van der Waals surface area contributed by atoms with Crippen molar-refractivity contribution < 1.29 is 14.7 Å². The third kappa shape index (κ3) is 5.72. The molecular formula is C18H30N4O3S. The molecule has 0 bridgehead atoms. The molecule has 1 saturated carbocycles. The van der Waals surface area contributed by atoms with E-state index in [0.717, 1.165) is 43.2 Å². The van der Waals surface area contributed by atoms with E-state index in [1.54, 1.807) is 11.8 Å². The van der Waals surface area contributed by atoms with Gasteiger partial charge in [0.05, 0.1) is 5.92 Å². The zero-order chi connectivity index (χ0) is 19.1. The molecule has 1 aliphatic rings. The summed E-state index contributed by atoms with van der Waals surface area (Å²) in [6.07, 6.45) is 6.30. The first-order valence-corrected chi connectivity index (χ1v) is 10.6. The van der Waals surface area contributed by atoms with E-state index in [9.17, 15) is 9.59 Å². The maximum absolute atomic E-state index is 12.3. The van der Waals surface area contributed by atoms with Gasteiger partial charge in [0, 0.05) is 25.4 Å². The van der Waals surface area contributed by atoms with Gasteiger partial charge < -0.3 is 15.0 Å². The molecule has 2 rings (SSSR count). The van der Waals surface area contributed by atoms with Crippen molar-refractivity contribution >= 4 is 23.6 Å². The lowest BCUT2D eigenvalue weighted by atomic mass is 9.81. The molecule has 1 heterocycles. The molecule has 2 atom stereocenters. The summed E-state index contributed by atoms with van der Waals surface area (Å²) in [5.74, 6) is 0.141. The number of nitrogens with zero attached hydrogens (tertiary/aromatic N) is 3. The first-order chi connectivity index (χ1) is 12.4. The van der Waals surface area contributed by atoms with Gasteiger partial charge in [-0.25, -0.2) is 0 Å². The second kappa shape index (κ2) is 9.94. The molecule has 1 fully saturated rings. The summed E-state index contributed by atoms with van der Waals surface area (Å²) in [5.41, 5.74) is 0. The van der Waals surface area contributed by atoms with Crippen molar-refractivity contribution in [3.8, 4) is 0 Å². The number of hydrogen-bond donors (Lipinski definition) is 2. The highest BCUT2D eigenvalue weighted by molar-refractivity contribution is 7.98. The maximum atomic E-state index is 12.3. The van der Waals surface area contributed by atoms with Crippen LogP contribution in [0, 0.1) is 17.8 Å². The molecule has 0 saturated heterocycles. The van der Waals surface area contributed by atoms with Crippen LogP contribution in [-0.4, -0.2) is 44.5 Å². The van der Waals surface area contributed by atoms with Gasteiger partial charge in [-0.3, -0.25) is 9.59 Å². The molecule has 0 aromatic carbocycles. The molecule has 0 spiro atoms.